The van der Waals surface area contributed by atoms with Gasteiger partial charge in [-0.3, -0.25) is 9.59 Å². The lowest BCUT2D eigenvalue weighted by Crippen LogP contribution is -2.41. The van der Waals surface area contributed by atoms with Crippen molar-refractivity contribution in [1.82, 2.24) is 0 Å². The first-order valence-corrected chi connectivity index (χ1v) is 10.1. The van der Waals surface area contributed by atoms with Crippen molar-refractivity contribution >= 4 is 11.6 Å². The zero-order valence-corrected chi connectivity index (χ0v) is 16.0. The molecular weight excluding hydrogens is 360 g/mol. The second-order valence-corrected chi connectivity index (χ2v) is 8.28. The molecule has 0 N–H and O–H groups in total. The van der Waals surface area contributed by atoms with E-state index in [0.717, 1.165) is 11.3 Å². The van der Waals surface area contributed by atoms with Crippen molar-refractivity contribution in [3.05, 3.63) is 101 Å². The molecule has 142 valence electrons. The second kappa shape index (κ2) is 5.90. The summed E-state index contributed by atoms with van der Waals surface area (Å²) in [7, 11) is 1.61. The smallest absolute Gasteiger partial charge is 0.152 e. The van der Waals surface area contributed by atoms with E-state index in [0.29, 0.717) is 0 Å². The SMILES string of the molecule is COc1ccc(C2C(=O)[C@@H]3C4c5ccccc5C(c5ccccc54)[C@@H]3C2=O)cc1. The summed E-state index contributed by atoms with van der Waals surface area (Å²) in [6.45, 7) is 0. The van der Waals surface area contributed by atoms with Gasteiger partial charge in [0.2, 0.25) is 0 Å². The van der Waals surface area contributed by atoms with E-state index in [1.54, 1.807) is 7.11 Å². The average Bonchev–Trinajstić information content (AvgIpc) is 3.04. The molecule has 0 spiro atoms. The van der Waals surface area contributed by atoms with Crippen LogP contribution in [0.3, 0.4) is 0 Å². The van der Waals surface area contributed by atoms with Gasteiger partial charge < -0.3 is 4.74 Å². The monoisotopic (exact) mass is 380 g/mol. The fourth-order valence-corrected chi connectivity index (χ4v) is 6.01. The molecule has 0 radical (unpaired) electrons. The number of carbonyl (C=O) groups is 2. The molecule has 7 rings (SSSR count). The first kappa shape index (κ1) is 16.7. The normalized spacial score (nSPS) is 28.7. The minimum absolute atomic E-state index is 0.0305. The fourth-order valence-electron chi connectivity index (χ4n) is 6.01. The van der Waals surface area contributed by atoms with Crippen molar-refractivity contribution < 1.29 is 14.3 Å². The highest BCUT2D eigenvalue weighted by Crippen LogP contribution is 2.62. The van der Waals surface area contributed by atoms with Crippen LogP contribution >= 0.6 is 0 Å². The van der Waals surface area contributed by atoms with Gasteiger partial charge in [0, 0.05) is 23.7 Å². The molecule has 0 heterocycles. The molecule has 0 amide bonds. The second-order valence-electron chi connectivity index (χ2n) is 8.28. The highest BCUT2D eigenvalue weighted by molar-refractivity contribution is 6.17. The molecular formula is C26H20O3. The lowest BCUT2D eigenvalue weighted by Gasteiger charge is -2.46. The summed E-state index contributed by atoms with van der Waals surface area (Å²) < 4.78 is 5.24. The standard InChI is InChI=1S/C26H20O3/c1-29-15-12-10-14(11-13-15)20-25(27)23-21-16-6-2-3-7-17(16)22(24(23)26(20)28)19-9-5-4-8-18(19)21/h2-13,20-24H,1H3/t20?,21?,22?,23-,24+. The Balaban J connectivity index is 1.53. The lowest BCUT2D eigenvalue weighted by molar-refractivity contribution is -0.125. The first-order chi connectivity index (χ1) is 14.2. The summed E-state index contributed by atoms with van der Waals surface area (Å²) in [5.74, 6) is -0.412. The number of Topliss-reactive ketones (excluding diaryl/α,β-unsaturated/α-hetero) is 2. The largest absolute Gasteiger partial charge is 0.497 e. The third-order valence-corrected chi connectivity index (χ3v) is 7.11. The Bertz CT molecular complexity index is 1050. The number of hydrogen-bond donors (Lipinski definition) is 0. The Morgan fingerprint density at radius 3 is 1.41 bits per heavy atom. The molecule has 4 aliphatic carbocycles. The van der Waals surface area contributed by atoms with Crippen molar-refractivity contribution in [1.29, 1.82) is 0 Å². The van der Waals surface area contributed by atoms with E-state index >= 15 is 0 Å². The molecule has 0 aliphatic heterocycles. The van der Waals surface area contributed by atoms with E-state index in [4.69, 9.17) is 4.74 Å². The van der Waals surface area contributed by atoms with E-state index < -0.39 is 5.92 Å². The van der Waals surface area contributed by atoms with Crippen molar-refractivity contribution in [2.45, 2.75) is 17.8 Å². The molecule has 0 aromatic heterocycles. The van der Waals surface area contributed by atoms with Crippen LogP contribution in [0.25, 0.3) is 0 Å². The van der Waals surface area contributed by atoms with Crippen molar-refractivity contribution in [2.75, 3.05) is 7.11 Å². The van der Waals surface area contributed by atoms with Crippen molar-refractivity contribution in [3.8, 4) is 5.75 Å². The maximum atomic E-state index is 13.7. The van der Waals surface area contributed by atoms with Gasteiger partial charge in [-0.15, -0.1) is 0 Å². The van der Waals surface area contributed by atoms with Gasteiger partial charge in [0.1, 0.15) is 11.7 Å². The molecule has 29 heavy (non-hydrogen) atoms. The fraction of sp³-hybridized carbons (Fsp3) is 0.231. The third-order valence-electron chi connectivity index (χ3n) is 7.11. The summed E-state index contributed by atoms with van der Waals surface area (Å²) in [6.07, 6.45) is 0. The van der Waals surface area contributed by atoms with E-state index in [9.17, 15) is 9.59 Å². The predicted octanol–water partition coefficient (Wildman–Crippen LogP) is 4.45. The number of methoxy groups -OCH3 is 1. The van der Waals surface area contributed by atoms with Crippen molar-refractivity contribution in [3.63, 3.8) is 0 Å². The quantitative estimate of drug-likeness (QED) is 0.617. The van der Waals surface area contributed by atoms with Gasteiger partial charge in [-0.05, 0) is 39.9 Å². The van der Waals surface area contributed by atoms with E-state index in [-0.39, 0.29) is 35.2 Å². The van der Waals surface area contributed by atoms with Gasteiger partial charge in [0.25, 0.3) is 0 Å². The minimum Gasteiger partial charge on any atom is -0.497 e. The topological polar surface area (TPSA) is 43.4 Å². The van der Waals surface area contributed by atoms with Gasteiger partial charge >= 0.3 is 0 Å². The summed E-state index contributed by atoms with van der Waals surface area (Å²) >= 11 is 0. The number of ketones is 2. The molecule has 1 fully saturated rings. The summed E-state index contributed by atoms with van der Waals surface area (Å²) in [4.78, 5) is 27.3. The highest BCUT2D eigenvalue weighted by atomic mass is 16.5. The van der Waals surface area contributed by atoms with Gasteiger partial charge in [0.05, 0.1) is 7.11 Å². The molecule has 3 heteroatoms. The molecule has 4 aliphatic rings. The maximum Gasteiger partial charge on any atom is 0.152 e. The summed E-state index contributed by atoms with van der Waals surface area (Å²) in [5, 5.41) is 0. The number of ether oxygens (including phenoxy) is 1. The van der Waals surface area contributed by atoms with Crippen LogP contribution in [0.15, 0.2) is 72.8 Å². The van der Waals surface area contributed by atoms with E-state index in [1.807, 2.05) is 48.5 Å². The number of rotatable bonds is 2. The Kier molecular flexibility index (Phi) is 3.40. The van der Waals surface area contributed by atoms with E-state index in [1.165, 1.54) is 22.3 Å². The van der Waals surface area contributed by atoms with Crippen LogP contribution in [0.5, 0.6) is 5.75 Å². The minimum atomic E-state index is -0.676. The van der Waals surface area contributed by atoms with Crippen molar-refractivity contribution in [2.24, 2.45) is 11.8 Å². The molecule has 3 atom stereocenters. The highest BCUT2D eigenvalue weighted by Gasteiger charge is 2.61. The molecule has 1 saturated carbocycles. The molecule has 3 aromatic carbocycles. The molecule has 3 nitrogen and oxygen atoms in total. The lowest BCUT2D eigenvalue weighted by atomic mass is 9.55. The molecule has 2 bridgehead atoms. The molecule has 1 unspecified atom stereocenters. The Morgan fingerprint density at radius 2 is 1.03 bits per heavy atom. The van der Waals surface area contributed by atoms with Gasteiger partial charge in [-0.25, -0.2) is 0 Å². The summed E-state index contributed by atoms with van der Waals surface area (Å²) in [6, 6.07) is 24.1. The first-order valence-electron chi connectivity index (χ1n) is 10.1. The maximum absolute atomic E-state index is 13.7. The Labute approximate surface area is 169 Å². The van der Waals surface area contributed by atoms with Crippen LogP contribution in [0, 0.1) is 11.8 Å². The van der Waals surface area contributed by atoms with Crippen LogP contribution in [0.2, 0.25) is 0 Å². The zero-order chi connectivity index (χ0) is 19.7. The van der Waals surface area contributed by atoms with Gasteiger partial charge in [-0.2, -0.15) is 0 Å². The number of benzene rings is 3. The predicted molar refractivity (Wildman–Crippen MR) is 109 cm³/mol. The molecule has 0 saturated heterocycles. The average molecular weight is 380 g/mol. The molecule has 3 aromatic rings. The number of carbonyl (C=O) groups excluding carboxylic acids is 2. The Hall–Kier alpha value is -3.20. The van der Waals surface area contributed by atoms with E-state index in [2.05, 4.69) is 24.3 Å². The number of hydrogen-bond acceptors (Lipinski definition) is 3. The van der Waals surface area contributed by atoms with Gasteiger partial charge in [0.15, 0.2) is 11.6 Å². The van der Waals surface area contributed by atoms with Crippen LogP contribution < -0.4 is 4.74 Å². The van der Waals surface area contributed by atoms with Crippen LogP contribution in [0.4, 0.5) is 0 Å². The van der Waals surface area contributed by atoms with Crippen LogP contribution in [-0.2, 0) is 9.59 Å². The third kappa shape index (κ3) is 2.08. The Morgan fingerprint density at radius 1 is 0.621 bits per heavy atom. The zero-order valence-electron chi connectivity index (χ0n) is 16.0. The summed E-state index contributed by atoms with van der Waals surface area (Å²) in [5.41, 5.74) is 5.65. The van der Waals surface area contributed by atoms with Gasteiger partial charge in [-0.1, -0.05) is 60.7 Å². The van der Waals surface area contributed by atoms with Crippen LogP contribution in [-0.4, -0.2) is 18.7 Å². The van der Waals surface area contributed by atoms with Crippen LogP contribution in [0.1, 0.15) is 45.6 Å².